The zero-order valence-corrected chi connectivity index (χ0v) is 15.6. The molecule has 1 aromatic carbocycles. The van der Waals surface area contributed by atoms with Gasteiger partial charge in [0.25, 0.3) is 0 Å². The van der Waals surface area contributed by atoms with Crippen LogP contribution in [0.25, 0.3) is 0 Å². The Morgan fingerprint density at radius 1 is 1.22 bits per heavy atom. The van der Waals surface area contributed by atoms with Crippen LogP contribution in [-0.4, -0.2) is 36.7 Å². The van der Waals surface area contributed by atoms with E-state index in [0.29, 0.717) is 11.6 Å². The first-order chi connectivity index (χ1) is 10.4. The lowest BCUT2D eigenvalue weighted by atomic mass is 10.1. The van der Waals surface area contributed by atoms with E-state index in [1.54, 1.807) is 11.8 Å². The molecule has 23 heavy (non-hydrogen) atoms. The fourth-order valence-corrected chi connectivity index (χ4v) is 2.43. The number of hydrogen-bond donors (Lipinski definition) is 3. The van der Waals surface area contributed by atoms with Gasteiger partial charge in [-0.3, -0.25) is 9.59 Å². The molecule has 1 rings (SSSR count). The van der Waals surface area contributed by atoms with Crippen LogP contribution in [0.3, 0.4) is 0 Å². The zero-order chi connectivity index (χ0) is 16.5. The second-order valence-electron chi connectivity index (χ2n) is 5.14. The Hall–Kier alpha value is -0.950. The molecule has 1 aromatic rings. The van der Waals surface area contributed by atoms with Crippen LogP contribution >= 0.6 is 35.8 Å². The highest BCUT2D eigenvalue weighted by Crippen LogP contribution is 2.19. The van der Waals surface area contributed by atoms with Crippen molar-refractivity contribution in [3.8, 4) is 0 Å². The highest BCUT2D eigenvalue weighted by atomic mass is 35.5. The van der Waals surface area contributed by atoms with Gasteiger partial charge in [-0.2, -0.15) is 0 Å². The van der Waals surface area contributed by atoms with Gasteiger partial charge in [0.1, 0.15) is 0 Å². The predicted molar refractivity (Wildman–Crippen MR) is 98.3 cm³/mol. The van der Waals surface area contributed by atoms with E-state index in [4.69, 9.17) is 17.3 Å². The molecule has 0 saturated carbocycles. The van der Waals surface area contributed by atoms with Crippen molar-refractivity contribution in [2.75, 3.05) is 18.8 Å². The number of benzene rings is 1. The monoisotopic (exact) mass is 379 g/mol. The zero-order valence-electron chi connectivity index (χ0n) is 13.2. The highest BCUT2D eigenvalue weighted by molar-refractivity contribution is 7.99. The van der Waals surface area contributed by atoms with Crippen LogP contribution in [0.5, 0.6) is 0 Å². The highest BCUT2D eigenvalue weighted by Gasteiger charge is 2.17. The normalized spacial score (nSPS) is 11.5. The fourth-order valence-electron chi connectivity index (χ4n) is 1.54. The standard InChI is InChI=1S/C15H22ClN3O2S.ClH/c1-10(2)14(17)15(21)19-9-13(20)18-7-8-22-12-5-3-11(16)4-6-12;/h3-6,10,14H,7-9,17H2,1-2H3,(H,18,20)(H,19,21);1H/t14-;/m0./s1. The number of carbonyl (C=O) groups excluding carboxylic acids is 2. The number of amides is 2. The van der Waals surface area contributed by atoms with Crippen molar-refractivity contribution >= 4 is 47.6 Å². The van der Waals surface area contributed by atoms with Crippen molar-refractivity contribution in [1.29, 1.82) is 0 Å². The largest absolute Gasteiger partial charge is 0.354 e. The minimum atomic E-state index is -0.590. The van der Waals surface area contributed by atoms with Gasteiger partial charge < -0.3 is 16.4 Å². The van der Waals surface area contributed by atoms with Crippen LogP contribution in [0.15, 0.2) is 29.2 Å². The van der Waals surface area contributed by atoms with Gasteiger partial charge in [0.15, 0.2) is 0 Å². The first-order valence-electron chi connectivity index (χ1n) is 7.08. The molecule has 4 N–H and O–H groups in total. The molecule has 0 aliphatic rings. The molecule has 1 atom stereocenters. The Morgan fingerprint density at radius 2 is 1.83 bits per heavy atom. The second kappa shape index (κ2) is 11.6. The van der Waals surface area contributed by atoms with Gasteiger partial charge in [-0.05, 0) is 30.2 Å². The summed E-state index contributed by atoms with van der Waals surface area (Å²) in [6, 6.07) is 6.93. The topological polar surface area (TPSA) is 84.2 Å². The molecule has 0 radical (unpaired) electrons. The molecule has 0 saturated heterocycles. The van der Waals surface area contributed by atoms with E-state index >= 15 is 0 Å². The van der Waals surface area contributed by atoms with Crippen molar-refractivity contribution in [2.24, 2.45) is 11.7 Å². The third-order valence-electron chi connectivity index (χ3n) is 2.95. The number of nitrogens with two attached hydrogens (primary N) is 1. The summed E-state index contributed by atoms with van der Waals surface area (Å²) in [5.74, 6) is 0.257. The lowest BCUT2D eigenvalue weighted by Crippen LogP contribution is -2.47. The summed E-state index contributed by atoms with van der Waals surface area (Å²) in [5, 5.41) is 5.98. The Balaban J connectivity index is 0.00000484. The Bertz CT molecular complexity index is 498. The van der Waals surface area contributed by atoms with E-state index in [-0.39, 0.29) is 36.7 Å². The Morgan fingerprint density at radius 3 is 2.39 bits per heavy atom. The van der Waals surface area contributed by atoms with Gasteiger partial charge >= 0.3 is 0 Å². The molecule has 0 spiro atoms. The minimum absolute atomic E-state index is 0. The molecule has 0 aromatic heterocycles. The van der Waals surface area contributed by atoms with Crippen molar-refractivity contribution < 1.29 is 9.59 Å². The van der Waals surface area contributed by atoms with Gasteiger partial charge in [-0.15, -0.1) is 24.2 Å². The average molecular weight is 380 g/mol. The van der Waals surface area contributed by atoms with Crippen LogP contribution in [0, 0.1) is 5.92 Å². The number of rotatable bonds is 8. The van der Waals surface area contributed by atoms with Crippen LogP contribution < -0.4 is 16.4 Å². The average Bonchev–Trinajstić information content (AvgIpc) is 2.50. The summed E-state index contributed by atoms with van der Waals surface area (Å²) >= 11 is 7.43. The van der Waals surface area contributed by atoms with Crippen LogP contribution in [0.1, 0.15) is 13.8 Å². The quantitative estimate of drug-likeness (QED) is 0.476. The van der Waals surface area contributed by atoms with E-state index < -0.39 is 6.04 Å². The smallest absolute Gasteiger partial charge is 0.239 e. The molecule has 0 heterocycles. The molecule has 2 amide bonds. The molecule has 0 aliphatic carbocycles. The SMILES string of the molecule is CC(C)[C@H](N)C(=O)NCC(=O)NCCSc1ccc(Cl)cc1.Cl. The van der Waals surface area contributed by atoms with Crippen molar-refractivity contribution in [3.63, 3.8) is 0 Å². The molecule has 0 aliphatic heterocycles. The molecule has 5 nitrogen and oxygen atoms in total. The van der Waals surface area contributed by atoms with Crippen LogP contribution in [0.2, 0.25) is 5.02 Å². The molecule has 0 bridgehead atoms. The summed E-state index contributed by atoms with van der Waals surface area (Å²) in [7, 11) is 0. The van der Waals surface area contributed by atoms with E-state index in [1.807, 2.05) is 38.1 Å². The van der Waals surface area contributed by atoms with Crippen molar-refractivity contribution in [1.82, 2.24) is 10.6 Å². The lowest BCUT2D eigenvalue weighted by Gasteiger charge is -2.15. The summed E-state index contributed by atoms with van der Waals surface area (Å²) < 4.78 is 0. The van der Waals surface area contributed by atoms with Gasteiger partial charge in [-0.25, -0.2) is 0 Å². The van der Waals surface area contributed by atoms with Crippen LogP contribution in [-0.2, 0) is 9.59 Å². The van der Waals surface area contributed by atoms with E-state index in [0.717, 1.165) is 10.6 Å². The molecular formula is C15H23Cl2N3O2S. The first-order valence-corrected chi connectivity index (χ1v) is 8.45. The van der Waals surface area contributed by atoms with E-state index in [1.165, 1.54) is 0 Å². The summed E-state index contributed by atoms with van der Waals surface area (Å²) in [5.41, 5.74) is 5.69. The minimum Gasteiger partial charge on any atom is -0.354 e. The summed E-state index contributed by atoms with van der Waals surface area (Å²) in [6.07, 6.45) is 0. The van der Waals surface area contributed by atoms with E-state index in [9.17, 15) is 9.59 Å². The van der Waals surface area contributed by atoms with Gasteiger partial charge in [-0.1, -0.05) is 25.4 Å². The number of nitrogens with one attached hydrogen (secondary N) is 2. The molecule has 8 heteroatoms. The molecule has 0 fully saturated rings. The Kier molecular flexibility index (Phi) is 11.1. The number of thioether (sulfide) groups is 1. The van der Waals surface area contributed by atoms with Gasteiger partial charge in [0.05, 0.1) is 12.6 Å². The molecule has 130 valence electrons. The summed E-state index contributed by atoms with van der Waals surface area (Å²) in [6.45, 7) is 4.19. The van der Waals surface area contributed by atoms with Crippen molar-refractivity contribution in [3.05, 3.63) is 29.3 Å². The van der Waals surface area contributed by atoms with Crippen LogP contribution in [0.4, 0.5) is 0 Å². The lowest BCUT2D eigenvalue weighted by molar-refractivity contribution is -0.127. The molecular weight excluding hydrogens is 357 g/mol. The Labute approximate surface area is 152 Å². The summed E-state index contributed by atoms with van der Waals surface area (Å²) in [4.78, 5) is 24.3. The van der Waals surface area contributed by atoms with E-state index in [2.05, 4.69) is 10.6 Å². The van der Waals surface area contributed by atoms with Gasteiger partial charge in [0.2, 0.25) is 11.8 Å². The number of halogens is 2. The number of hydrogen-bond acceptors (Lipinski definition) is 4. The van der Waals surface area contributed by atoms with Crippen molar-refractivity contribution in [2.45, 2.75) is 24.8 Å². The third-order valence-corrected chi connectivity index (χ3v) is 4.22. The molecule has 0 unspecified atom stereocenters. The first kappa shape index (κ1) is 22.1. The van der Waals surface area contributed by atoms with Gasteiger partial charge in [0, 0.05) is 22.2 Å². The second-order valence-corrected chi connectivity index (χ2v) is 6.74. The maximum atomic E-state index is 11.6. The number of carbonyl (C=O) groups is 2. The third kappa shape index (κ3) is 9.05. The maximum Gasteiger partial charge on any atom is 0.239 e. The predicted octanol–water partition coefficient (Wildman–Crippen LogP) is 2.07. The fraction of sp³-hybridized carbons (Fsp3) is 0.467. The maximum absolute atomic E-state index is 11.6.